The minimum Gasteiger partial charge on any atom is -0.486 e. The third-order valence-electron chi connectivity index (χ3n) is 4.17. The highest BCUT2D eigenvalue weighted by atomic mass is 16.6. The number of hydrogen-bond donors (Lipinski definition) is 1. The molecule has 1 aliphatic rings. The van der Waals surface area contributed by atoms with Crippen LogP contribution in [0, 0.1) is 0 Å². The molecule has 1 N–H and O–H groups in total. The number of ether oxygens (including phenoxy) is 2. The number of para-hydroxylation sites is 1. The molecule has 1 unspecified atom stereocenters. The summed E-state index contributed by atoms with van der Waals surface area (Å²) in [5, 5.41) is 3.56. The zero-order valence-electron chi connectivity index (χ0n) is 16.4. The maximum absolute atomic E-state index is 12.4. The van der Waals surface area contributed by atoms with E-state index in [2.05, 4.69) is 32.2 Å². The normalized spacial score (nSPS) is 18.4. The van der Waals surface area contributed by atoms with Crippen molar-refractivity contribution in [2.45, 2.75) is 65.2 Å². The summed E-state index contributed by atoms with van der Waals surface area (Å²) in [6.45, 7) is 13.9. The molecule has 0 spiro atoms. The Balaban J connectivity index is 1.96. The van der Waals surface area contributed by atoms with E-state index in [1.54, 1.807) is 4.90 Å². The second kappa shape index (κ2) is 7.65. The van der Waals surface area contributed by atoms with Gasteiger partial charge in [0.25, 0.3) is 0 Å². The summed E-state index contributed by atoms with van der Waals surface area (Å²) in [5.74, 6) is 0.933. The molecule has 1 amide bonds. The van der Waals surface area contributed by atoms with Gasteiger partial charge in [-0.05, 0) is 47.1 Å². The molecular formula is C20H32N2O3. The van der Waals surface area contributed by atoms with E-state index in [1.165, 1.54) is 5.56 Å². The van der Waals surface area contributed by atoms with E-state index < -0.39 is 5.60 Å². The highest BCUT2D eigenvalue weighted by molar-refractivity contribution is 5.68. The number of nitrogens with one attached hydrogen (secondary N) is 1. The number of benzene rings is 1. The van der Waals surface area contributed by atoms with Crippen molar-refractivity contribution in [3.05, 3.63) is 29.8 Å². The van der Waals surface area contributed by atoms with E-state index in [0.717, 1.165) is 12.2 Å². The molecule has 2 rings (SSSR count). The monoisotopic (exact) mass is 348 g/mol. The molecule has 25 heavy (non-hydrogen) atoms. The van der Waals surface area contributed by atoms with Gasteiger partial charge < -0.3 is 19.7 Å². The van der Waals surface area contributed by atoms with Crippen molar-refractivity contribution in [1.29, 1.82) is 0 Å². The van der Waals surface area contributed by atoms with Gasteiger partial charge >= 0.3 is 6.09 Å². The molecule has 1 aromatic rings. The summed E-state index contributed by atoms with van der Waals surface area (Å²) >= 11 is 0. The molecule has 1 heterocycles. The van der Waals surface area contributed by atoms with Crippen molar-refractivity contribution in [3.8, 4) is 5.75 Å². The van der Waals surface area contributed by atoms with E-state index in [0.29, 0.717) is 19.6 Å². The average molecular weight is 348 g/mol. The smallest absolute Gasteiger partial charge is 0.410 e. The van der Waals surface area contributed by atoms with Gasteiger partial charge in [0.05, 0.1) is 6.04 Å². The van der Waals surface area contributed by atoms with E-state index >= 15 is 0 Å². The topological polar surface area (TPSA) is 50.8 Å². The average Bonchev–Trinajstić information content (AvgIpc) is 2.74. The van der Waals surface area contributed by atoms with Gasteiger partial charge in [-0.15, -0.1) is 0 Å². The lowest BCUT2D eigenvalue weighted by molar-refractivity contribution is 0.0246. The first-order chi connectivity index (χ1) is 11.6. The van der Waals surface area contributed by atoms with Crippen LogP contribution in [0.25, 0.3) is 0 Å². The Labute approximate surface area is 151 Å². The SMILES string of the molecule is CCCN(CCNC1c2ccccc2OC1(C)C)C(=O)OC(C)(C)C. The molecule has 5 heteroatoms. The molecule has 140 valence electrons. The lowest BCUT2D eigenvalue weighted by Crippen LogP contribution is -2.44. The summed E-state index contributed by atoms with van der Waals surface area (Å²) < 4.78 is 11.6. The number of carbonyl (C=O) groups is 1. The number of fused-ring (bicyclic) bond motifs is 1. The number of rotatable bonds is 6. The molecule has 0 fully saturated rings. The summed E-state index contributed by atoms with van der Waals surface area (Å²) in [6.07, 6.45) is 0.651. The van der Waals surface area contributed by atoms with Crippen LogP contribution in [-0.4, -0.2) is 41.8 Å². The zero-order valence-corrected chi connectivity index (χ0v) is 16.4. The first-order valence-electron chi connectivity index (χ1n) is 9.13. The van der Waals surface area contributed by atoms with Crippen molar-refractivity contribution >= 4 is 6.09 Å². The molecule has 0 aromatic heterocycles. The van der Waals surface area contributed by atoms with Gasteiger partial charge in [0.1, 0.15) is 17.0 Å². The summed E-state index contributed by atoms with van der Waals surface area (Å²) in [5.41, 5.74) is 0.383. The maximum atomic E-state index is 12.4. The van der Waals surface area contributed by atoms with Crippen LogP contribution in [0.5, 0.6) is 5.75 Å². The lowest BCUT2D eigenvalue weighted by Gasteiger charge is -2.30. The zero-order chi connectivity index (χ0) is 18.7. The van der Waals surface area contributed by atoms with Crippen LogP contribution >= 0.6 is 0 Å². The van der Waals surface area contributed by atoms with Crippen LogP contribution in [0.2, 0.25) is 0 Å². The summed E-state index contributed by atoms with van der Waals surface area (Å²) in [6, 6.07) is 8.22. The Hall–Kier alpha value is -1.75. The van der Waals surface area contributed by atoms with E-state index in [-0.39, 0.29) is 17.7 Å². The van der Waals surface area contributed by atoms with Gasteiger partial charge in [0.15, 0.2) is 0 Å². The fraction of sp³-hybridized carbons (Fsp3) is 0.650. The predicted octanol–water partition coefficient (Wildman–Crippen LogP) is 4.14. The van der Waals surface area contributed by atoms with Crippen molar-refractivity contribution in [2.75, 3.05) is 19.6 Å². The van der Waals surface area contributed by atoms with Crippen molar-refractivity contribution in [2.24, 2.45) is 0 Å². The van der Waals surface area contributed by atoms with E-state index in [4.69, 9.17) is 9.47 Å². The largest absolute Gasteiger partial charge is 0.486 e. The number of hydrogen-bond acceptors (Lipinski definition) is 4. The molecule has 5 nitrogen and oxygen atoms in total. The van der Waals surface area contributed by atoms with Crippen molar-refractivity contribution in [3.63, 3.8) is 0 Å². The third-order valence-corrected chi connectivity index (χ3v) is 4.17. The Morgan fingerprint density at radius 2 is 1.96 bits per heavy atom. The first kappa shape index (κ1) is 19.6. The van der Waals surface area contributed by atoms with Crippen LogP contribution in [-0.2, 0) is 4.74 Å². The highest BCUT2D eigenvalue weighted by Gasteiger charge is 2.40. The highest BCUT2D eigenvalue weighted by Crippen LogP contribution is 2.42. The molecule has 1 aliphatic heterocycles. The maximum Gasteiger partial charge on any atom is 0.410 e. The Morgan fingerprint density at radius 1 is 1.28 bits per heavy atom. The predicted molar refractivity (Wildman–Crippen MR) is 100.0 cm³/mol. The lowest BCUT2D eigenvalue weighted by atomic mass is 9.94. The Bertz CT molecular complexity index is 593. The van der Waals surface area contributed by atoms with E-state index in [1.807, 2.05) is 39.0 Å². The second-order valence-electron chi connectivity index (χ2n) is 8.10. The van der Waals surface area contributed by atoms with E-state index in [9.17, 15) is 4.79 Å². The standard InChI is InChI=1S/C20H32N2O3/c1-7-13-22(18(23)25-19(2,3)4)14-12-21-17-15-10-8-9-11-16(15)24-20(17,5)6/h8-11,17,21H,7,12-14H2,1-6H3. The second-order valence-corrected chi connectivity index (χ2v) is 8.10. The van der Waals surface area contributed by atoms with Crippen molar-refractivity contribution < 1.29 is 14.3 Å². The minimum absolute atomic E-state index is 0.103. The van der Waals surface area contributed by atoms with Gasteiger partial charge in [0.2, 0.25) is 0 Å². The Morgan fingerprint density at radius 3 is 2.60 bits per heavy atom. The van der Waals surface area contributed by atoms with Gasteiger partial charge in [-0.1, -0.05) is 25.1 Å². The minimum atomic E-state index is -0.475. The first-order valence-corrected chi connectivity index (χ1v) is 9.13. The number of amides is 1. The van der Waals surface area contributed by atoms with Crippen LogP contribution in [0.4, 0.5) is 4.79 Å². The third kappa shape index (κ3) is 5.11. The number of nitrogens with zero attached hydrogens (tertiary/aromatic N) is 1. The molecule has 0 saturated heterocycles. The van der Waals surface area contributed by atoms with Gasteiger partial charge in [0, 0.05) is 25.2 Å². The summed E-state index contributed by atoms with van der Waals surface area (Å²) in [4.78, 5) is 14.1. The van der Waals surface area contributed by atoms with Crippen LogP contribution in [0.15, 0.2) is 24.3 Å². The quantitative estimate of drug-likeness (QED) is 0.839. The van der Waals surface area contributed by atoms with Crippen LogP contribution in [0.3, 0.4) is 0 Å². The van der Waals surface area contributed by atoms with Gasteiger partial charge in [-0.2, -0.15) is 0 Å². The molecule has 0 radical (unpaired) electrons. The number of carbonyl (C=O) groups excluding carboxylic acids is 1. The fourth-order valence-corrected chi connectivity index (χ4v) is 3.12. The van der Waals surface area contributed by atoms with Gasteiger partial charge in [-0.25, -0.2) is 4.79 Å². The van der Waals surface area contributed by atoms with Crippen molar-refractivity contribution in [1.82, 2.24) is 10.2 Å². The molecule has 0 aliphatic carbocycles. The fourth-order valence-electron chi connectivity index (χ4n) is 3.12. The molecule has 1 aromatic carbocycles. The molecule has 1 atom stereocenters. The van der Waals surface area contributed by atoms with Gasteiger partial charge in [-0.3, -0.25) is 0 Å². The molecular weight excluding hydrogens is 316 g/mol. The van der Waals surface area contributed by atoms with Crippen LogP contribution < -0.4 is 10.1 Å². The summed E-state index contributed by atoms with van der Waals surface area (Å²) in [7, 11) is 0. The van der Waals surface area contributed by atoms with Crippen LogP contribution in [0.1, 0.15) is 59.6 Å². The molecule has 0 bridgehead atoms. The Kier molecular flexibility index (Phi) is 5.99. The molecule has 0 saturated carbocycles.